The molecule has 1 aliphatic rings. The molecule has 0 N–H and O–H groups in total. The molecular weight excluding hydrogens is 444 g/mol. The lowest BCUT2D eigenvalue weighted by atomic mass is 10.1. The van der Waals surface area contributed by atoms with Gasteiger partial charge in [-0.3, -0.25) is 19.8 Å². The summed E-state index contributed by atoms with van der Waals surface area (Å²) in [6.07, 6.45) is 4.89. The first kappa shape index (κ1) is 22.0. The molecule has 0 saturated carbocycles. The zero-order valence-electron chi connectivity index (χ0n) is 17.3. The lowest BCUT2D eigenvalue weighted by Gasteiger charge is -2.15. The average molecular weight is 465 g/mol. The number of anilines is 1. The fourth-order valence-corrected chi connectivity index (χ4v) is 4.71. The van der Waals surface area contributed by atoms with Gasteiger partial charge < -0.3 is 4.42 Å². The normalized spacial score (nSPS) is 15.0. The van der Waals surface area contributed by atoms with E-state index in [0.717, 1.165) is 24.9 Å². The molecule has 32 heavy (non-hydrogen) atoms. The maximum Gasteiger partial charge on any atom is 0.280 e. The van der Waals surface area contributed by atoms with Crippen molar-refractivity contribution >= 4 is 51.7 Å². The minimum absolute atomic E-state index is 0.0397. The minimum atomic E-state index is -0.448. The number of benzene rings is 2. The van der Waals surface area contributed by atoms with Crippen LogP contribution in [0.15, 0.2) is 70.0 Å². The van der Waals surface area contributed by atoms with E-state index in [1.54, 1.807) is 36.4 Å². The van der Waals surface area contributed by atoms with Gasteiger partial charge >= 0.3 is 0 Å². The van der Waals surface area contributed by atoms with Crippen LogP contribution in [0.3, 0.4) is 0 Å². The number of rotatable bonds is 7. The van der Waals surface area contributed by atoms with Gasteiger partial charge in [-0.2, -0.15) is 0 Å². The first-order valence-corrected chi connectivity index (χ1v) is 11.4. The molecule has 1 saturated heterocycles. The number of nitro groups is 1. The molecule has 2 heterocycles. The maximum absolute atomic E-state index is 13.0. The fourth-order valence-electron chi connectivity index (χ4n) is 3.43. The Hall–Kier alpha value is -3.23. The van der Waals surface area contributed by atoms with Gasteiger partial charge in [-0.05, 0) is 48.7 Å². The number of para-hydroxylation sites is 1. The molecule has 0 bridgehead atoms. The Morgan fingerprint density at radius 1 is 1.12 bits per heavy atom. The first-order valence-electron chi connectivity index (χ1n) is 10.2. The third kappa shape index (κ3) is 4.51. The summed E-state index contributed by atoms with van der Waals surface area (Å²) in [6, 6.07) is 17.6. The van der Waals surface area contributed by atoms with Crippen molar-refractivity contribution in [3.05, 3.63) is 87.0 Å². The van der Waals surface area contributed by atoms with E-state index in [1.165, 1.54) is 28.3 Å². The predicted octanol–water partition coefficient (Wildman–Crippen LogP) is 6.60. The summed E-state index contributed by atoms with van der Waals surface area (Å²) < 4.78 is 6.24. The van der Waals surface area contributed by atoms with Crippen molar-refractivity contribution in [2.45, 2.75) is 26.2 Å². The molecule has 2 aromatic carbocycles. The Morgan fingerprint density at radius 3 is 2.59 bits per heavy atom. The van der Waals surface area contributed by atoms with Gasteiger partial charge in [-0.1, -0.05) is 61.6 Å². The summed E-state index contributed by atoms with van der Waals surface area (Å²) in [5.74, 6) is 0.570. The lowest BCUT2D eigenvalue weighted by Crippen LogP contribution is -2.27. The van der Waals surface area contributed by atoms with Crippen LogP contribution in [0.4, 0.5) is 11.4 Å². The van der Waals surface area contributed by atoms with E-state index in [4.69, 9.17) is 16.6 Å². The molecule has 6 nitrogen and oxygen atoms in total. The number of thioether (sulfide) groups is 1. The van der Waals surface area contributed by atoms with Crippen LogP contribution in [-0.2, 0) is 11.2 Å². The highest BCUT2D eigenvalue weighted by molar-refractivity contribution is 8.27. The molecule has 162 valence electrons. The van der Waals surface area contributed by atoms with Crippen LogP contribution in [0.5, 0.6) is 0 Å². The SMILES string of the molecule is CCCCc1ccc(N2C(=O)C(=Cc3ccc(-c4ccccc4[N+](=O)[O-])o3)SC2=S)cc1. The number of carbonyl (C=O) groups is 1. The Morgan fingerprint density at radius 2 is 1.88 bits per heavy atom. The van der Waals surface area contributed by atoms with Crippen LogP contribution in [0.2, 0.25) is 0 Å². The van der Waals surface area contributed by atoms with Gasteiger partial charge in [0.2, 0.25) is 0 Å². The second-order valence-electron chi connectivity index (χ2n) is 7.26. The van der Waals surface area contributed by atoms with E-state index < -0.39 is 4.92 Å². The molecule has 8 heteroatoms. The van der Waals surface area contributed by atoms with Crippen molar-refractivity contribution in [3.63, 3.8) is 0 Å². The number of thiocarbonyl (C=S) groups is 1. The number of amides is 1. The monoisotopic (exact) mass is 464 g/mol. The van der Waals surface area contributed by atoms with Crippen LogP contribution in [0.1, 0.15) is 31.1 Å². The number of aryl methyl sites for hydroxylation is 1. The number of carbonyl (C=O) groups excluding carboxylic acids is 1. The minimum Gasteiger partial charge on any atom is -0.456 e. The van der Waals surface area contributed by atoms with Crippen molar-refractivity contribution in [2.24, 2.45) is 0 Å². The Bertz CT molecular complexity index is 1210. The lowest BCUT2D eigenvalue weighted by molar-refractivity contribution is -0.384. The van der Waals surface area contributed by atoms with Crippen molar-refractivity contribution < 1.29 is 14.1 Å². The predicted molar refractivity (Wildman–Crippen MR) is 132 cm³/mol. The topological polar surface area (TPSA) is 76.6 Å². The quantitative estimate of drug-likeness (QED) is 0.170. The van der Waals surface area contributed by atoms with Crippen molar-refractivity contribution in [1.29, 1.82) is 0 Å². The largest absolute Gasteiger partial charge is 0.456 e. The van der Waals surface area contributed by atoms with E-state index in [2.05, 4.69) is 6.92 Å². The van der Waals surface area contributed by atoms with E-state index in [0.29, 0.717) is 26.3 Å². The van der Waals surface area contributed by atoms with Crippen LogP contribution < -0.4 is 4.90 Å². The number of unbranched alkanes of at least 4 members (excludes halogenated alkanes) is 1. The van der Waals surface area contributed by atoms with Crippen LogP contribution in [0.25, 0.3) is 17.4 Å². The van der Waals surface area contributed by atoms with Gasteiger partial charge in [0, 0.05) is 12.1 Å². The maximum atomic E-state index is 13.0. The molecule has 3 aromatic rings. The smallest absolute Gasteiger partial charge is 0.280 e. The summed E-state index contributed by atoms with van der Waals surface area (Å²) in [5, 5.41) is 11.3. The van der Waals surface area contributed by atoms with Crippen molar-refractivity contribution in [1.82, 2.24) is 0 Å². The van der Waals surface area contributed by atoms with Gasteiger partial charge in [0.25, 0.3) is 11.6 Å². The summed E-state index contributed by atoms with van der Waals surface area (Å²) in [4.78, 5) is 25.8. The molecule has 0 spiro atoms. The van der Waals surface area contributed by atoms with Gasteiger partial charge in [0.1, 0.15) is 11.5 Å². The number of nitro benzene ring substituents is 1. The summed E-state index contributed by atoms with van der Waals surface area (Å²) in [6.45, 7) is 2.16. The van der Waals surface area contributed by atoms with E-state index in [1.807, 2.05) is 24.3 Å². The number of hydrogen-bond donors (Lipinski definition) is 0. The summed E-state index contributed by atoms with van der Waals surface area (Å²) in [5.41, 5.74) is 2.31. The Balaban J connectivity index is 1.56. The van der Waals surface area contributed by atoms with Crippen molar-refractivity contribution in [2.75, 3.05) is 4.90 Å². The standard InChI is InChI=1S/C24H20N2O4S2/c1-2-3-6-16-9-11-17(12-10-16)25-23(27)22(32-24(25)31)15-18-13-14-21(30-18)19-7-4-5-8-20(19)26(28)29/h4-5,7-15H,2-3,6H2,1H3. The van der Waals surface area contributed by atoms with Gasteiger partial charge in [-0.15, -0.1) is 0 Å². The highest BCUT2D eigenvalue weighted by atomic mass is 32.2. The highest BCUT2D eigenvalue weighted by Crippen LogP contribution is 2.37. The van der Waals surface area contributed by atoms with Gasteiger partial charge in [0.05, 0.1) is 21.1 Å². The van der Waals surface area contributed by atoms with E-state index in [-0.39, 0.29) is 11.6 Å². The third-order valence-electron chi connectivity index (χ3n) is 5.07. The first-order chi connectivity index (χ1) is 15.5. The Kier molecular flexibility index (Phi) is 6.53. The van der Waals surface area contributed by atoms with Gasteiger partial charge in [-0.25, -0.2) is 0 Å². The van der Waals surface area contributed by atoms with Crippen LogP contribution in [-0.4, -0.2) is 15.2 Å². The van der Waals surface area contributed by atoms with E-state index in [9.17, 15) is 14.9 Å². The molecule has 1 fully saturated rings. The molecule has 1 amide bonds. The summed E-state index contributed by atoms with van der Waals surface area (Å²) in [7, 11) is 0. The molecule has 4 rings (SSSR count). The van der Waals surface area contributed by atoms with Gasteiger partial charge in [0.15, 0.2) is 4.32 Å². The summed E-state index contributed by atoms with van der Waals surface area (Å²) >= 11 is 6.65. The van der Waals surface area contributed by atoms with Crippen molar-refractivity contribution in [3.8, 4) is 11.3 Å². The second-order valence-corrected chi connectivity index (χ2v) is 8.94. The number of furan rings is 1. The molecule has 0 aliphatic carbocycles. The zero-order valence-corrected chi connectivity index (χ0v) is 18.9. The molecule has 0 unspecified atom stereocenters. The zero-order chi connectivity index (χ0) is 22.7. The second kappa shape index (κ2) is 9.50. The number of hydrogen-bond acceptors (Lipinski definition) is 6. The molecule has 1 aromatic heterocycles. The molecule has 0 radical (unpaired) electrons. The molecule has 0 atom stereocenters. The van der Waals surface area contributed by atoms with Crippen LogP contribution >= 0.6 is 24.0 Å². The van der Waals surface area contributed by atoms with Crippen LogP contribution in [0, 0.1) is 10.1 Å². The highest BCUT2D eigenvalue weighted by Gasteiger charge is 2.33. The third-order valence-corrected chi connectivity index (χ3v) is 6.38. The number of nitrogens with zero attached hydrogens (tertiary/aromatic N) is 2. The molecular formula is C24H20N2O4S2. The average Bonchev–Trinajstić information content (AvgIpc) is 3.37. The fraction of sp³-hybridized carbons (Fsp3) is 0.167. The molecule has 1 aliphatic heterocycles. The Labute approximate surface area is 195 Å². The van der Waals surface area contributed by atoms with E-state index >= 15 is 0 Å².